The largest absolute Gasteiger partial charge is 0.340 e. The van der Waals surface area contributed by atoms with Crippen LogP contribution in [0, 0.1) is 0 Å². The molecule has 0 amide bonds. The SMILES string of the molecule is O=C1CNCC2=C1Cc1c[nH]nc1N2. The van der Waals surface area contributed by atoms with Crippen LogP contribution in [-0.4, -0.2) is 29.1 Å². The molecular formula is C9H10N4O. The third-order valence-electron chi connectivity index (χ3n) is 2.64. The Morgan fingerprint density at radius 2 is 2.29 bits per heavy atom. The van der Waals surface area contributed by atoms with E-state index in [0.29, 0.717) is 13.0 Å². The number of hydrogen-bond acceptors (Lipinski definition) is 4. The van der Waals surface area contributed by atoms with Crippen molar-refractivity contribution in [1.29, 1.82) is 0 Å². The predicted octanol–water partition coefficient (Wildman–Crippen LogP) is -0.196. The lowest BCUT2D eigenvalue weighted by Gasteiger charge is -2.24. The molecule has 72 valence electrons. The van der Waals surface area contributed by atoms with Crippen LogP contribution in [-0.2, 0) is 11.2 Å². The third-order valence-corrected chi connectivity index (χ3v) is 2.64. The average Bonchev–Trinajstić information content (AvgIpc) is 2.62. The molecule has 14 heavy (non-hydrogen) atoms. The maximum absolute atomic E-state index is 11.6. The summed E-state index contributed by atoms with van der Waals surface area (Å²) in [5, 5.41) is 13.1. The highest BCUT2D eigenvalue weighted by Gasteiger charge is 2.26. The van der Waals surface area contributed by atoms with Crippen LogP contribution < -0.4 is 10.6 Å². The summed E-state index contributed by atoms with van der Waals surface area (Å²) in [5.41, 5.74) is 2.94. The molecule has 1 aromatic rings. The molecule has 3 N–H and O–H groups in total. The van der Waals surface area contributed by atoms with E-state index >= 15 is 0 Å². The van der Waals surface area contributed by atoms with Gasteiger partial charge in [0.1, 0.15) is 0 Å². The first kappa shape index (κ1) is 7.75. The Balaban J connectivity index is 2.04. The van der Waals surface area contributed by atoms with Gasteiger partial charge in [0.15, 0.2) is 11.6 Å². The van der Waals surface area contributed by atoms with Crippen molar-refractivity contribution >= 4 is 11.6 Å². The fraction of sp³-hybridized carbons (Fsp3) is 0.333. The van der Waals surface area contributed by atoms with E-state index in [9.17, 15) is 4.79 Å². The van der Waals surface area contributed by atoms with Gasteiger partial charge in [-0.3, -0.25) is 9.89 Å². The summed E-state index contributed by atoms with van der Waals surface area (Å²) < 4.78 is 0. The lowest BCUT2D eigenvalue weighted by atomic mass is 9.95. The second-order valence-corrected chi connectivity index (χ2v) is 3.54. The number of nitrogens with zero attached hydrogens (tertiary/aromatic N) is 1. The number of anilines is 1. The predicted molar refractivity (Wildman–Crippen MR) is 50.8 cm³/mol. The Morgan fingerprint density at radius 1 is 1.36 bits per heavy atom. The number of hydrogen-bond donors (Lipinski definition) is 3. The van der Waals surface area contributed by atoms with Crippen LogP contribution in [0.5, 0.6) is 0 Å². The van der Waals surface area contributed by atoms with E-state index in [2.05, 4.69) is 20.8 Å². The molecule has 2 aliphatic heterocycles. The number of carbonyl (C=O) groups excluding carboxylic acids is 1. The molecule has 1 aromatic heterocycles. The Bertz CT molecular complexity index is 432. The average molecular weight is 190 g/mol. The topological polar surface area (TPSA) is 69.8 Å². The normalized spacial score (nSPS) is 20.1. The summed E-state index contributed by atoms with van der Waals surface area (Å²) in [5.74, 6) is 1.03. The number of aromatic nitrogens is 2. The van der Waals surface area contributed by atoms with Crippen LogP contribution in [0.4, 0.5) is 5.82 Å². The first-order valence-corrected chi connectivity index (χ1v) is 4.60. The van der Waals surface area contributed by atoms with Crippen molar-refractivity contribution in [2.75, 3.05) is 18.4 Å². The Kier molecular flexibility index (Phi) is 1.49. The van der Waals surface area contributed by atoms with E-state index in [1.165, 1.54) is 0 Å². The van der Waals surface area contributed by atoms with Crippen molar-refractivity contribution in [3.05, 3.63) is 23.0 Å². The molecule has 5 heteroatoms. The molecule has 0 unspecified atom stereocenters. The number of fused-ring (bicyclic) bond motifs is 1. The van der Waals surface area contributed by atoms with Gasteiger partial charge in [-0.2, -0.15) is 5.10 Å². The van der Waals surface area contributed by atoms with Crippen LogP contribution in [0.3, 0.4) is 0 Å². The molecular weight excluding hydrogens is 180 g/mol. The molecule has 0 fully saturated rings. The van der Waals surface area contributed by atoms with E-state index in [1.54, 1.807) is 0 Å². The zero-order chi connectivity index (χ0) is 9.54. The highest BCUT2D eigenvalue weighted by atomic mass is 16.1. The first-order valence-electron chi connectivity index (χ1n) is 4.60. The molecule has 0 bridgehead atoms. The summed E-state index contributed by atoms with van der Waals surface area (Å²) in [6, 6.07) is 0. The quantitative estimate of drug-likeness (QED) is 0.530. The Hall–Kier alpha value is -1.62. The van der Waals surface area contributed by atoms with Gasteiger partial charge >= 0.3 is 0 Å². The van der Waals surface area contributed by atoms with Crippen molar-refractivity contribution in [2.24, 2.45) is 0 Å². The number of H-pyrrole nitrogens is 1. The number of Topliss-reactive ketones (excluding diaryl/α,β-unsaturated/α-hetero) is 1. The first-order chi connectivity index (χ1) is 6.84. The van der Waals surface area contributed by atoms with Crippen LogP contribution in [0.25, 0.3) is 0 Å². The van der Waals surface area contributed by atoms with Crippen LogP contribution >= 0.6 is 0 Å². The highest BCUT2D eigenvalue weighted by Crippen LogP contribution is 2.26. The molecule has 0 aliphatic carbocycles. The molecule has 0 saturated heterocycles. The third kappa shape index (κ3) is 0.990. The van der Waals surface area contributed by atoms with E-state index in [1.807, 2.05) is 6.20 Å². The molecule has 2 aliphatic rings. The minimum atomic E-state index is 0.186. The molecule has 3 rings (SSSR count). The highest BCUT2D eigenvalue weighted by molar-refractivity contribution is 6.00. The lowest BCUT2D eigenvalue weighted by molar-refractivity contribution is -0.115. The maximum atomic E-state index is 11.6. The van der Waals surface area contributed by atoms with Gasteiger partial charge < -0.3 is 10.6 Å². The van der Waals surface area contributed by atoms with Gasteiger partial charge in [0.2, 0.25) is 0 Å². The molecule has 0 spiro atoms. The standard InChI is InChI=1S/C9H10N4O/c14-8-4-10-3-7-6(8)1-5-2-11-13-9(5)12-7/h2,10H,1,3-4H2,(H2,11,12,13). The van der Waals surface area contributed by atoms with E-state index < -0.39 is 0 Å². The van der Waals surface area contributed by atoms with Gasteiger partial charge in [-0.25, -0.2) is 0 Å². The van der Waals surface area contributed by atoms with Crippen molar-refractivity contribution in [3.63, 3.8) is 0 Å². The second-order valence-electron chi connectivity index (χ2n) is 3.54. The van der Waals surface area contributed by atoms with Crippen molar-refractivity contribution in [2.45, 2.75) is 6.42 Å². The van der Waals surface area contributed by atoms with Gasteiger partial charge in [0, 0.05) is 36.0 Å². The second kappa shape index (κ2) is 2.68. The van der Waals surface area contributed by atoms with Crippen molar-refractivity contribution in [3.8, 4) is 0 Å². The molecule has 0 radical (unpaired) electrons. The van der Waals surface area contributed by atoms with Gasteiger partial charge in [-0.05, 0) is 0 Å². The minimum absolute atomic E-state index is 0.186. The number of carbonyl (C=O) groups is 1. The van der Waals surface area contributed by atoms with Crippen LogP contribution in [0.1, 0.15) is 5.56 Å². The number of rotatable bonds is 0. The summed E-state index contributed by atoms with van der Waals surface area (Å²) in [6.45, 7) is 1.18. The van der Waals surface area contributed by atoms with Crippen molar-refractivity contribution < 1.29 is 4.79 Å². The van der Waals surface area contributed by atoms with Crippen LogP contribution in [0.2, 0.25) is 0 Å². The minimum Gasteiger partial charge on any atom is -0.340 e. The summed E-state index contributed by atoms with van der Waals surface area (Å²) >= 11 is 0. The van der Waals surface area contributed by atoms with Gasteiger partial charge in [-0.1, -0.05) is 0 Å². The van der Waals surface area contributed by atoms with Gasteiger partial charge in [0.25, 0.3) is 0 Å². The zero-order valence-electron chi connectivity index (χ0n) is 7.55. The van der Waals surface area contributed by atoms with Crippen molar-refractivity contribution in [1.82, 2.24) is 15.5 Å². The van der Waals surface area contributed by atoms with Gasteiger partial charge in [0.05, 0.1) is 6.54 Å². The van der Waals surface area contributed by atoms with Crippen LogP contribution in [0.15, 0.2) is 17.5 Å². The monoisotopic (exact) mass is 190 g/mol. The maximum Gasteiger partial charge on any atom is 0.174 e. The van der Waals surface area contributed by atoms with E-state index in [-0.39, 0.29) is 5.78 Å². The van der Waals surface area contributed by atoms with Gasteiger partial charge in [-0.15, -0.1) is 0 Å². The molecule has 3 heterocycles. The molecule has 0 atom stereocenters. The molecule has 5 nitrogen and oxygen atoms in total. The molecule has 0 aromatic carbocycles. The van der Waals surface area contributed by atoms with E-state index in [0.717, 1.165) is 29.2 Å². The fourth-order valence-corrected chi connectivity index (χ4v) is 1.90. The smallest absolute Gasteiger partial charge is 0.174 e. The Morgan fingerprint density at radius 3 is 3.21 bits per heavy atom. The fourth-order valence-electron chi connectivity index (χ4n) is 1.90. The number of ketones is 1. The summed E-state index contributed by atoms with van der Waals surface area (Å²) in [7, 11) is 0. The summed E-state index contributed by atoms with van der Waals surface area (Å²) in [6.07, 6.45) is 2.54. The number of nitrogens with one attached hydrogen (secondary N) is 3. The number of aromatic amines is 1. The molecule has 0 saturated carbocycles. The van der Waals surface area contributed by atoms with E-state index in [4.69, 9.17) is 0 Å². The zero-order valence-corrected chi connectivity index (χ0v) is 7.55. The Labute approximate surface area is 80.6 Å². The summed E-state index contributed by atoms with van der Waals surface area (Å²) in [4.78, 5) is 11.6. The lowest BCUT2D eigenvalue weighted by Crippen LogP contribution is -2.37.